The number of aliphatic hydroxyl groups is 1. The van der Waals surface area contributed by atoms with E-state index in [1.165, 1.54) is 32.8 Å². The number of carbonyl (C=O) groups excluding carboxylic acids is 1. The summed E-state index contributed by atoms with van der Waals surface area (Å²) in [5.41, 5.74) is 6.05. The highest BCUT2D eigenvalue weighted by Crippen LogP contribution is 2.21. The van der Waals surface area contributed by atoms with Crippen molar-refractivity contribution in [1.29, 1.82) is 0 Å². The maximum absolute atomic E-state index is 14.3. The van der Waals surface area contributed by atoms with Gasteiger partial charge < -0.3 is 25.6 Å². The van der Waals surface area contributed by atoms with E-state index < -0.39 is 23.6 Å². The molecular weight excluding hydrogens is 351 g/mol. The Bertz CT molecular complexity index is 612. The average Bonchev–Trinajstić information content (AvgIpc) is 2.60. The molecule has 27 heavy (non-hydrogen) atoms. The summed E-state index contributed by atoms with van der Waals surface area (Å²) in [5, 5.41) is 12.8. The molecule has 0 amide bonds. The van der Waals surface area contributed by atoms with Crippen molar-refractivity contribution in [2.45, 2.75) is 57.8 Å². The number of hydrogen-bond acceptors (Lipinski definition) is 6. The predicted molar refractivity (Wildman–Crippen MR) is 101 cm³/mol. The number of halogens is 1. The first-order valence-electron chi connectivity index (χ1n) is 9.57. The molecule has 0 radical (unpaired) electrons. The van der Waals surface area contributed by atoms with Crippen LogP contribution in [0.15, 0.2) is 18.2 Å². The van der Waals surface area contributed by atoms with Crippen molar-refractivity contribution in [2.24, 2.45) is 11.7 Å². The molecule has 2 rings (SSSR count). The van der Waals surface area contributed by atoms with Crippen LogP contribution in [0.1, 0.15) is 45.1 Å². The predicted octanol–water partition coefficient (Wildman–Crippen LogP) is 2.13. The zero-order chi connectivity index (χ0) is 19.9. The maximum atomic E-state index is 14.3. The van der Waals surface area contributed by atoms with Crippen LogP contribution < -0.4 is 15.8 Å². The molecule has 0 aromatic heterocycles. The van der Waals surface area contributed by atoms with Gasteiger partial charge in [0, 0.05) is 26.3 Å². The Kier molecular flexibility index (Phi) is 8.01. The minimum atomic E-state index is -1.61. The second-order valence-electron chi connectivity index (χ2n) is 7.62. The highest BCUT2D eigenvalue weighted by Gasteiger charge is 2.24. The smallest absolute Gasteiger partial charge is 0.325 e. The molecule has 4 N–H and O–H groups in total. The lowest BCUT2D eigenvalue weighted by Crippen LogP contribution is -2.40. The molecule has 1 aliphatic heterocycles. The summed E-state index contributed by atoms with van der Waals surface area (Å²) in [6.45, 7) is 5.39. The van der Waals surface area contributed by atoms with Crippen LogP contribution in [0.3, 0.4) is 0 Å². The molecule has 0 aliphatic carbocycles. The Morgan fingerprint density at radius 3 is 2.74 bits per heavy atom. The molecule has 1 aromatic rings. The maximum Gasteiger partial charge on any atom is 0.325 e. The van der Waals surface area contributed by atoms with E-state index in [1.54, 1.807) is 12.1 Å². The summed E-state index contributed by atoms with van der Waals surface area (Å²) in [5.74, 6) is -1.65. The Morgan fingerprint density at radius 1 is 1.41 bits per heavy atom. The van der Waals surface area contributed by atoms with Gasteiger partial charge in [0.25, 0.3) is 0 Å². The highest BCUT2D eigenvalue weighted by molar-refractivity contribution is 5.76. The molecule has 1 saturated heterocycles. The van der Waals surface area contributed by atoms with E-state index in [0.29, 0.717) is 17.9 Å². The van der Waals surface area contributed by atoms with Crippen molar-refractivity contribution in [1.82, 2.24) is 5.32 Å². The van der Waals surface area contributed by atoms with Crippen LogP contribution in [0, 0.1) is 11.7 Å². The molecule has 152 valence electrons. The van der Waals surface area contributed by atoms with Gasteiger partial charge in [0.1, 0.15) is 17.6 Å². The Labute approximate surface area is 160 Å². The fourth-order valence-electron chi connectivity index (χ4n) is 3.16. The van der Waals surface area contributed by atoms with Crippen molar-refractivity contribution in [3.8, 4) is 5.75 Å². The van der Waals surface area contributed by atoms with E-state index in [0.717, 1.165) is 31.8 Å². The number of hydrogen-bond donors (Lipinski definition) is 3. The molecule has 1 aliphatic rings. The van der Waals surface area contributed by atoms with E-state index in [4.69, 9.17) is 15.2 Å². The van der Waals surface area contributed by atoms with Gasteiger partial charge in [-0.2, -0.15) is 0 Å². The molecule has 7 heteroatoms. The fourth-order valence-corrected chi connectivity index (χ4v) is 3.16. The molecule has 1 heterocycles. The van der Waals surface area contributed by atoms with E-state index in [1.807, 2.05) is 0 Å². The van der Waals surface area contributed by atoms with Gasteiger partial charge in [-0.25, -0.2) is 4.39 Å². The summed E-state index contributed by atoms with van der Waals surface area (Å²) >= 11 is 0. The lowest BCUT2D eigenvalue weighted by Gasteiger charge is -2.22. The number of benzene rings is 1. The van der Waals surface area contributed by atoms with Crippen LogP contribution >= 0.6 is 0 Å². The van der Waals surface area contributed by atoms with Crippen LogP contribution in [0.2, 0.25) is 0 Å². The first kappa shape index (κ1) is 21.6. The van der Waals surface area contributed by atoms with Crippen LogP contribution in [-0.4, -0.2) is 42.6 Å². The van der Waals surface area contributed by atoms with Crippen molar-refractivity contribution in [3.05, 3.63) is 29.6 Å². The molecule has 0 saturated carbocycles. The topological polar surface area (TPSA) is 93.8 Å². The average molecular weight is 382 g/mol. The number of piperidine rings is 1. The summed E-state index contributed by atoms with van der Waals surface area (Å²) in [6, 6.07) is 3.50. The van der Waals surface area contributed by atoms with Gasteiger partial charge in [0.05, 0.1) is 6.61 Å². The second kappa shape index (κ2) is 10.0. The van der Waals surface area contributed by atoms with Crippen molar-refractivity contribution in [3.63, 3.8) is 0 Å². The summed E-state index contributed by atoms with van der Waals surface area (Å²) in [4.78, 5) is 11.8. The fraction of sp³-hybridized carbons (Fsp3) is 0.650. The van der Waals surface area contributed by atoms with E-state index >= 15 is 0 Å². The Hall–Kier alpha value is -1.70. The lowest BCUT2D eigenvalue weighted by atomic mass is 9.93. The Morgan fingerprint density at radius 2 is 2.11 bits per heavy atom. The van der Waals surface area contributed by atoms with Gasteiger partial charge in [-0.1, -0.05) is 6.07 Å². The van der Waals surface area contributed by atoms with Gasteiger partial charge >= 0.3 is 5.97 Å². The van der Waals surface area contributed by atoms with Crippen molar-refractivity contribution < 1.29 is 23.8 Å². The van der Waals surface area contributed by atoms with Crippen LogP contribution in [0.25, 0.3) is 0 Å². The van der Waals surface area contributed by atoms with Gasteiger partial charge in [0.15, 0.2) is 0 Å². The number of rotatable bonds is 9. The van der Waals surface area contributed by atoms with E-state index in [2.05, 4.69) is 5.32 Å². The van der Waals surface area contributed by atoms with Crippen molar-refractivity contribution in [2.75, 3.05) is 19.7 Å². The molecule has 1 atom stereocenters. The van der Waals surface area contributed by atoms with E-state index in [9.17, 15) is 14.3 Å². The highest BCUT2D eigenvalue weighted by atomic mass is 19.1. The van der Waals surface area contributed by atoms with Crippen LogP contribution in [0.4, 0.5) is 4.39 Å². The number of esters is 1. The molecule has 1 fully saturated rings. The lowest BCUT2D eigenvalue weighted by molar-refractivity contribution is -0.196. The van der Waals surface area contributed by atoms with Crippen LogP contribution in [-0.2, 0) is 16.0 Å². The zero-order valence-corrected chi connectivity index (χ0v) is 16.2. The summed E-state index contributed by atoms with van der Waals surface area (Å²) < 4.78 is 24.7. The molecule has 1 aromatic carbocycles. The third-order valence-corrected chi connectivity index (χ3v) is 4.60. The second-order valence-corrected chi connectivity index (χ2v) is 7.62. The van der Waals surface area contributed by atoms with Crippen molar-refractivity contribution >= 4 is 5.97 Å². The third-order valence-electron chi connectivity index (χ3n) is 4.60. The standard InChI is InChI=1S/C20H31FN2O4/c1-20(2,25)27-19(24)18(22)12-15-5-6-16(13-17(15)21)26-11-3-4-14-7-9-23-10-8-14/h5-6,13-14,18,23,25H,3-4,7-12,22H2,1-2H3/t18-/m0/s1. The zero-order valence-electron chi connectivity index (χ0n) is 16.2. The first-order valence-corrected chi connectivity index (χ1v) is 9.57. The Balaban J connectivity index is 1.77. The molecular formula is C20H31FN2O4. The minimum absolute atomic E-state index is 0.0171. The monoisotopic (exact) mass is 382 g/mol. The van der Waals surface area contributed by atoms with Gasteiger partial charge in [-0.15, -0.1) is 0 Å². The van der Waals surface area contributed by atoms with Gasteiger partial charge in [0.2, 0.25) is 5.79 Å². The quantitative estimate of drug-likeness (QED) is 0.344. The van der Waals surface area contributed by atoms with Gasteiger partial charge in [-0.3, -0.25) is 4.79 Å². The van der Waals surface area contributed by atoms with Crippen LogP contribution in [0.5, 0.6) is 5.75 Å². The third kappa shape index (κ3) is 7.82. The normalized spacial score (nSPS) is 16.8. The molecule has 0 bridgehead atoms. The van der Waals surface area contributed by atoms with E-state index in [-0.39, 0.29) is 6.42 Å². The molecule has 6 nitrogen and oxygen atoms in total. The number of carbonyl (C=O) groups is 1. The molecule has 0 unspecified atom stereocenters. The minimum Gasteiger partial charge on any atom is -0.493 e. The largest absolute Gasteiger partial charge is 0.493 e. The first-order chi connectivity index (χ1) is 12.7. The number of ether oxygens (including phenoxy) is 2. The number of nitrogens with one attached hydrogen (secondary N) is 1. The SMILES string of the molecule is CC(C)(O)OC(=O)[C@@H](N)Cc1ccc(OCCCC2CCNCC2)cc1F. The van der Waals surface area contributed by atoms with Gasteiger partial charge in [-0.05, 0) is 56.3 Å². The summed E-state index contributed by atoms with van der Waals surface area (Å²) in [6.07, 6.45) is 4.47. The number of nitrogens with two attached hydrogens (primary N) is 1. The molecule has 0 spiro atoms. The summed E-state index contributed by atoms with van der Waals surface area (Å²) in [7, 11) is 0.